The minimum atomic E-state index is -4.73. The molecule has 3 N–H and O–H groups in total. The fourth-order valence-corrected chi connectivity index (χ4v) is 4.36. The molecule has 1 amide bonds. The van der Waals surface area contributed by atoms with Crippen molar-refractivity contribution in [3.05, 3.63) is 94.8 Å². The summed E-state index contributed by atoms with van der Waals surface area (Å²) in [4.78, 5) is 34.3. The van der Waals surface area contributed by atoms with Crippen molar-refractivity contribution < 1.29 is 27.5 Å². The number of alkyl halides is 3. The van der Waals surface area contributed by atoms with E-state index in [1.165, 1.54) is 30.3 Å². The van der Waals surface area contributed by atoms with Crippen molar-refractivity contribution in [3.8, 4) is 11.1 Å². The number of amides is 1. The first-order valence-electron chi connectivity index (χ1n) is 11.5. The lowest BCUT2D eigenvalue weighted by Gasteiger charge is -2.22. The van der Waals surface area contributed by atoms with Crippen LogP contribution in [-0.2, 0) is 10.9 Å². The Labute approximate surface area is 209 Å². The smallest absolute Gasteiger partial charge is 0.369 e. The van der Waals surface area contributed by atoms with Gasteiger partial charge in [-0.1, -0.05) is 24.3 Å². The number of hydrogen-bond donors (Lipinski definition) is 2. The van der Waals surface area contributed by atoms with Crippen molar-refractivity contribution in [2.75, 3.05) is 19.7 Å². The summed E-state index contributed by atoms with van der Waals surface area (Å²) in [5, 5.41) is 3.24. The fraction of sp³-hybridized carbons (Fsp3) is 0.185. The monoisotopic (exact) mass is 506 g/mol. The molecule has 10 heteroatoms. The van der Waals surface area contributed by atoms with Crippen molar-refractivity contribution in [2.45, 2.75) is 12.3 Å². The lowest BCUT2D eigenvalue weighted by molar-refractivity contribution is -0.137. The molecule has 1 saturated heterocycles. The molecule has 1 unspecified atom stereocenters. The van der Waals surface area contributed by atoms with Crippen LogP contribution in [0.3, 0.4) is 0 Å². The molecule has 2 heterocycles. The first-order valence-corrected chi connectivity index (χ1v) is 11.5. The highest BCUT2D eigenvalue weighted by Crippen LogP contribution is 2.39. The quantitative estimate of drug-likeness (QED) is 0.391. The molecule has 1 aromatic heterocycles. The molecular formula is C27H21F3N4O3. The molecule has 1 aliphatic rings. The standard InChI is InChI=1S/C27H21F3N4O3/c28-27(29,30)19-6-2-5-18(26(31)36)24(19)15-3-1-4-16(11-15)25(35)17-7-8-20-21(12-17)33-13-22(34-20)23-14-32-9-10-37-23/h1-8,11-13,23,32H,9-10,14H2,(H2,31,36). The van der Waals surface area contributed by atoms with E-state index >= 15 is 0 Å². The van der Waals surface area contributed by atoms with Gasteiger partial charge in [-0.25, -0.2) is 4.98 Å². The molecule has 0 bridgehead atoms. The van der Waals surface area contributed by atoms with Gasteiger partial charge >= 0.3 is 6.18 Å². The maximum Gasteiger partial charge on any atom is 0.417 e. The van der Waals surface area contributed by atoms with E-state index in [9.17, 15) is 22.8 Å². The second-order valence-corrected chi connectivity index (χ2v) is 8.56. The molecule has 0 radical (unpaired) electrons. The van der Waals surface area contributed by atoms with E-state index in [0.29, 0.717) is 35.4 Å². The predicted molar refractivity (Wildman–Crippen MR) is 130 cm³/mol. The van der Waals surface area contributed by atoms with Crippen LogP contribution in [0.1, 0.15) is 43.6 Å². The van der Waals surface area contributed by atoms with Gasteiger partial charge in [-0.15, -0.1) is 0 Å². The second kappa shape index (κ2) is 9.72. The number of aromatic nitrogens is 2. The largest absolute Gasteiger partial charge is 0.417 e. The number of rotatable bonds is 5. The third-order valence-corrected chi connectivity index (χ3v) is 6.13. The van der Waals surface area contributed by atoms with Crippen LogP contribution >= 0.6 is 0 Å². The molecule has 3 aromatic carbocycles. The second-order valence-electron chi connectivity index (χ2n) is 8.56. The molecule has 5 rings (SSSR count). The summed E-state index contributed by atoms with van der Waals surface area (Å²) >= 11 is 0. The van der Waals surface area contributed by atoms with E-state index in [0.717, 1.165) is 18.7 Å². The predicted octanol–water partition coefficient (Wildman–Crippen LogP) is 4.31. The maximum atomic E-state index is 13.8. The van der Waals surface area contributed by atoms with Crippen molar-refractivity contribution in [1.82, 2.24) is 15.3 Å². The Kier molecular flexibility index (Phi) is 6.45. The van der Waals surface area contributed by atoms with Crippen LogP contribution in [-0.4, -0.2) is 41.4 Å². The topological polar surface area (TPSA) is 107 Å². The lowest BCUT2D eigenvalue weighted by Crippen LogP contribution is -2.33. The number of primary amides is 1. The zero-order valence-corrected chi connectivity index (χ0v) is 19.4. The molecule has 37 heavy (non-hydrogen) atoms. The summed E-state index contributed by atoms with van der Waals surface area (Å²) < 4.78 is 47.0. The highest BCUT2D eigenvalue weighted by Gasteiger charge is 2.35. The van der Waals surface area contributed by atoms with E-state index in [1.54, 1.807) is 24.4 Å². The fourth-order valence-electron chi connectivity index (χ4n) is 4.36. The number of ketones is 1. The highest BCUT2D eigenvalue weighted by atomic mass is 19.4. The third kappa shape index (κ3) is 4.93. The summed E-state index contributed by atoms with van der Waals surface area (Å²) in [6, 6.07) is 13.8. The van der Waals surface area contributed by atoms with Crippen LogP contribution in [0.15, 0.2) is 66.9 Å². The number of carbonyl (C=O) groups excluding carboxylic acids is 2. The SMILES string of the molecule is NC(=O)c1cccc(C(F)(F)F)c1-c1cccc(C(=O)c2ccc3nc(C4CNCCO4)cnc3c2)c1. The number of nitrogens with two attached hydrogens (primary N) is 1. The van der Waals surface area contributed by atoms with Gasteiger partial charge in [0.05, 0.1) is 35.1 Å². The van der Waals surface area contributed by atoms with Crippen molar-refractivity contribution in [1.29, 1.82) is 0 Å². The summed E-state index contributed by atoms with van der Waals surface area (Å²) in [6.45, 7) is 1.98. The number of ether oxygens (including phenoxy) is 1. The van der Waals surface area contributed by atoms with Crippen LogP contribution in [0.4, 0.5) is 13.2 Å². The van der Waals surface area contributed by atoms with Crippen molar-refractivity contribution >= 4 is 22.7 Å². The number of fused-ring (bicyclic) bond motifs is 1. The number of carbonyl (C=O) groups is 2. The Morgan fingerprint density at radius 3 is 2.51 bits per heavy atom. The summed E-state index contributed by atoms with van der Waals surface area (Å²) in [6.07, 6.45) is -3.33. The minimum Gasteiger partial charge on any atom is -0.369 e. The zero-order chi connectivity index (χ0) is 26.2. The van der Waals surface area contributed by atoms with E-state index < -0.39 is 23.4 Å². The van der Waals surface area contributed by atoms with E-state index in [4.69, 9.17) is 10.5 Å². The van der Waals surface area contributed by atoms with Crippen LogP contribution < -0.4 is 11.1 Å². The van der Waals surface area contributed by atoms with Gasteiger partial charge in [0.1, 0.15) is 6.10 Å². The first kappa shape index (κ1) is 24.5. The van der Waals surface area contributed by atoms with Crippen molar-refractivity contribution in [3.63, 3.8) is 0 Å². The van der Waals surface area contributed by atoms with Crippen LogP contribution in [0.25, 0.3) is 22.2 Å². The Bertz CT molecular complexity index is 1510. The van der Waals surface area contributed by atoms with E-state index in [2.05, 4.69) is 15.3 Å². The molecule has 0 spiro atoms. The Hall–Kier alpha value is -4.15. The molecule has 1 aliphatic heterocycles. The normalized spacial score (nSPS) is 16.0. The van der Waals surface area contributed by atoms with Crippen LogP contribution in [0.5, 0.6) is 0 Å². The number of nitrogens with one attached hydrogen (secondary N) is 1. The summed E-state index contributed by atoms with van der Waals surface area (Å²) in [5.41, 5.74) is 5.96. The number of benzene rings is 3. The molecule has 4 aromatic rings. The van der Waals surface area contributed by atoms with Gasteiger partial charge in [0.15, 0.2) is 5.78 Å². The van der Waals surface area contributed by atoms with Crippen LogP contribution in [0.2, 0.25) is 0 Å². The van der Waals surface area contributed by atoms with Crippen molar-refractivity contribution in [2.24, 2.45) is 5.73 Å². The van der Waals surface area contributed by atoms with Gasteiger partial charge in [-0.2, -0.15) is 13.2 Å². The zero-order valence-electron chi connectivity index (χ0n) is 19.4. The molecule has 188 valence electrons. The third-order valence-electron chi connectivity index (χ3n) is 6.13. The molecule has 1 atom stereocenters. The van der Waals surface area contributed by atoms with Gasteiger partial charge in [0.25, 0.3) is 0 Å². The first-order chi connectivity index (χ1) is 17.7. The van der Waals surface area contributed by atoms with Gasteiger partial charge in [-0.3, -0.25) is 14.6 Å². The van der Waals surface area contributed by atoms with Gasteiger partial charge < -0.3 is 15.8 Å². The van der Waals surface area contributed by atoms with E-state index in [-0.39, 0.29) is 28.4 Å². The maximum absolute atomic E-state index is 13.8. The number of morpholine rings is 1. The number of nitrogens with zero attached hydrogens (tertiary/aromatic N) is 2. The van der Waals surface area contributed by atoms with Crippen LogP contribution in [0, 0.1) is 0 Å². The molecule has 7 nitrogen and oxygen atoms in total. The molecular weight excluding hydrogens is 485 g/mol. The van der Waals surface area contributed by atoms with Gasteiger partial charge in [-0.05, 0) is 42.0 Å². The number of halogens is 3. The lowest BCUT2D eigenvalue weighted by atomic mass is 9.91. The minimum absolute atomic E-state index is 0.0545. The Balaban J connectivity index is 1.51. The average Bonchev–Trinajstić information content (AvgIpc) is 2.91. The number of hydrogen-bond acceptors (Lipinski definition) is 6. The van der Waals surface area contributed by atoms with Gasteiger partial charge in [0.2, 0.25) is 5.91 Å². The Morgan fingerprint density at radius 2 is 1.78 bits per heavy atom. The molecule has 1 fully saturated rings. The van der Waals surface area contributed by atoms with E-state index in [1.807, 2.05) is 0 Å². The molecule has 0 aliphatic carbocycles. The molecule has 0 saturated carbocycles. The summed E-state index contributed by atoms with van der Waals surface area (Å²) in [7, 11) is 0. The summed E-state index contributed by atoms with van der Waals surface area (Å²) in [5.74, 6) is -1.42. The highest BCUT2D eigenvalue weighted by molar-refractivity contribution is 6.11. The average molecular weight is 506 g/mol. The Morgan fingerprint density at radius 1 is 1.00 bits per heavy atom. The van der Waals surface area contributed by atoms with Gasteiger partial charge in [0, 0.05) is 35.3 Å².